The summed E-state index contributed by atoms with van der Waals surface area (Å²) in [5.41, 5.74) is 6.09. The Morgan fingerprint density at radius 1 is 1.03 bits per heavy atom. The molecule has 1 aliphatic rings. The van der Waals surface area contributed by atoms with Gasteiger partial charge in [0.25, 0.3) is 5.91 Å². The Morgan fingerprint density at radius 2 is 1.69 bits per heavy atom. The van der Waals surface area contributed by atoms with Crippen molar-refractivity contribution in [2.24, 2.45) is 10.9 Å². The molecule has 162 valence electrons. The van der Waals surface area contributed by atoms with Crippen LogP contribution in [0.2, 0.25) is 0 Å². The van der Waals surface area contributed by atoms with E-state index < -0.39 is 28.7 Å². The molecular weight excluding hydrogens is 418 g/mol. The van der Waals surface area contributed by atoms with E-state index in [4.69, 9.17) is 10.6 Å². The average molecular weight is 436 g/mol. The molecule has 0 bridgehead atoms. The fourth-order valence-electron chi connectivity index (χ4n) is 3.32. The lowest BCUT2D eigenvalue weighted by Gasteiger charge is -2.12. The molecule has 0 aliphatic carbocycles. The number of amides is 1. The minimum absolute atomic E-state index is 0.0348. The zero-order chi connectivity index (χ0) is 23.2. The number of hydrogen-bond acceptors (Lipinski definition) is 6. The summed E-state index contributed by atoms with van der Waals surface area (Å²) < 4.78 is 28.5. The van der Waals surface area contributed by atoms with Crippen molar-refractivity contribution in [2.75, 3.05) is 0 Å². The maximum absolute atomic E-state index is 14.6. The lowest BCUT2D eigenvalue weighted by atomic mass is 9.93. The van der Waals surface area contributed by atoms with Gasteiger partial charge in [-0.2, -0.15) is 0 Å². The van der Waals surface area contributed by atoms with E-state index in [9.17, 15) is 18.4 Å². The molecule has 4 rings (SSSR count). The monoisotopic (exact) mass is 436 g/mol. The molecule has 0 radical (unpaired) electrons. The third-order valence-corrected chi connectivity index (χ3v) is 5.14. The second-order valence-electron chi connectivity index (χ2n) is 7.87. The van der Waals surface area contributed by atoms with Crippen molar-refractivity contribution in [3.8, 4) is 22.5 Å². The van der Waals surface area contributed by atoms with Crippen LogP contribution in [0.15, 0.2) is 47.9 Å². The van der Waals surface area contributed by atoms with Gasteiger partial charge in [0.1, 0.15) is 11.6 Å². The Bertz CT molecular complexity index is 1300. The number of ketones is 1. The van der Waals surface area contributed by atoms with Crippen LogP contribution < -0.4 is 5.73 Å². The fraction of sp³-hybridized carbons (Fsp3) is 0.174. The van der Waals surface area contributed by atoms with Crippen molar-refractivity contribution in [3.63, 3.8) is 0 Å². The summed E-state index contributed by atoms with van der Waals surface area (Å²) in [7, 11) is 0. The van der Waals surface area contributed by atoms with E-state index >= 15 is 0 Å². The number of primary amides is 1. The number of benzene rings is 2. The standard InChI is InChI=1S/C23H18F2N4O3/c1-11-4-5-12(20-21(30)23(2,3)32-29-20)6-14(11)17-9-28-18(10-27-17)15-7-13(24)8-16(19(15)25)22(26)31/h4-10H,1-3H3,(H2,26,31). The molecule has 1 amide bonds. The molecule has 1 aliphatic heterocycles. The maximum atomic E-state index is 14.6. The highest BCUT2D eigenvalue weighted by Gasteiger charge is 2.40. The van der Waals surface area contributed by atoms with Gasteiger partial charge in [-0.15, -0.1) is 0 Å². The molecule has 2 aromatic carbocycles. The van der Waals surface area contributed by atoms with Crippen LogP contribution in [0.4, 0.5) is 8.78 Å². The summed E-state index contributed by atoms with van der Waals surface area (Å²) in [4.78, 5) is 37.6. The van der Waals surface area contributed by atoms with Gasteiger partial charge in [-0.25, -0.2) is 8.78 Å². The number of halogens is 2. The maximum Gasteiger partial charge on any atom is 0.251 e. The average Bonchev–Trinajstić information content (AvgIpc) is 3.02. The second kappa shape index (κ2) is 7.60. The van der Waals surface area contributed by atoms with Crippen molar-refractivity contribution < 1.29 is 23.2 Å². The third kappa shape index (κ3) is 3.62. The van der Waals surface area contributed by atoms with E-state index in [1.165, 1.54) is 12.4 Å². The Kier molecular flexibility index (Phi) is 5.04. The zero-order valence-corrected chi connectivity index (χ0v) is 17.4. The normalized spacial score (nSPS) is 14.8. The van der Waals surface area contributed by atoms with Crippen molar-refractivity contribution in [2.45, 2.75) is 26.4 Å². The van der Waals surface area contributed by atoms with Crippen LogP contribution in [-0.2, 0) is 9.63 Å². The van der Waals surface area contributed by atoms with Gasteiger partial charge in [0.05, 0.1) is 29.3 Å². The van der Waals surface area contributed by atoms with Crippen LogP contribution in [-0.4, -0.2) is 33.0 Å². The van der Waals surface area contributed by atoms with E-state index in [1.807, 2.05) is 13.0 Å². The third-order valence-electron chi connectivity index (χ3n) is 5.14. The van der Waals surface area contributed by atoms with Crippen LogP contribution in [0.3, 0.4) is 0 Å². The molecule has 32 heavy (non-hydrogen) atoms. The molecule has 0 saturated carbocycles. The lowest BCUT2D eigenvalue weighted by molar-refractivity contribution is -0.128. The van der Waals surface area contributed by atoms with Crippen LogP contribution in [0, 0.1) is 18.6 Å². The largest absolute Gasteiger partial charge is 0.381 e. The van der Waals surface area contributed by atoms with E-state index in [0.29, 0.717) is 16.8 Å². The number of aromatic nitrogens is 2. The van der Waals surface area contributed by atoms with Crippen molar-refractivity contribution in [3.05, 3.63) is 71.1 Å². The molecule has 9 heteroatoms. The number of carbonyl (C=O) groups excluding carboxylic acids is 2. The summed E-state index contributed by atoms with van der Waals surface area (Å²) >= 11 is 0. The first kappa shape index (κ1) is 21.2. The molecule has 2 heterocycles. The number of nitrogens with zero attached hydrogens (tertiary/aromatic N) is 3. The van der Waals surface area contributed by atoms with Gasteiger partial charge < -0.3 is 10.6 Å². The van der Waals surface area contributed by atoms with Crippen LogP contribution in [0.1, 0.15) is 35.3 Å². The van der Waals surface area contributed by atoms with Crippen LogP contribution >= 0.6 is 0 Å². The first-order valence-electron chi connectivity index (χ1n) is 9.62. The Hall–Kier alpha value is -4.01. The first-order valence-corrected chi connectivity index (χ1v) is 9.62. The minimum atomic E-state index is -1.09. The Labute approximate surface area is 181 Å². The lowest BCUT2D eigenvalue weighted by Crippen LogP contribution is -2.33. The Balaban J connectivity index is 1.72. The van der Waals surface area contributed by atoms with Gasteiger partial charge in [-0.3, -0.25) is 19.6 Å². The predicted molar refractivity (Wildman–Crippen MR) is 113 cm³/mol. The quantitative estimate of drug-likeness (QED) is 0.673. The fourth-order valence-corrected chi connectivity index (χ4v) is 3.32. The Morgan fingerprint density at radius 3 is 2.25 bits per heavy atom. The SMILES string of the molecule is Cc1ccc(C2=NOC(C)(C)C2=O)cc1-c1cnc(-c2cc(F)cc(C(N)=O)c2F)cn1. The predicted octanol–water partition coefficient (Wildman–Crippen LogP) is 3.58. The summed E-state index contributed by atoms with van der Waals surface area (Å²) in [6.07, 6.45) is 2.67. The summed E-state index contributed by atoms with van der Waals surface area (Å²) in [5, 5.41) is 3.91. The zero-order valence-electron chi connectivity index (χ0n) is 17.4. The molecule has 2 N–H and O–H groups in total. The molecule has 7 nitrogen and oxygen atoms in total. The highest BCUT2D eigenvalue weighted by molar-refractivity contribution is 6.49. The van der Waals surface area contributed by atoms with E-state index in [1.54, 1.807) is 26.0 Å². The number of oxime groups is 1. The topological polar surface area (TPSA) is 108 Å². The summed E-state index contributed by atoms with van der Waals surface area (Å²) in [6, 6.07) is 6.97. The van der Waals surface area contributed by atoms with Crippen molar-refractivity contribution >= 4 is 17.4 Å². The van der Waals surface area contributed by atoms with E-state index in [-0.39, 0.29) is 22.8 Å². The number of aryl methyl sites for hydroxylation is 1. The smallest absolute Gasteiger partial charge is 0.251 e. The number of nitrogens with two attached hydrogens (primary N) is 1. The summed E-state index contributed by atoms with van der Waals surface area (Å²) in [6.45, 7) is 5.14. The van der Waals surface area contributed by atoms with Gasteiger partial charge in [-0.1, -0.05) is 17.3 Å². The molecule has 0 unspecified atom stereocenters. The number of carbonyl (C=O) groups is 2. The number of Topliss-reactive ketones (excluding diaryl/α,β-unsaturated/α-hetero) is 1. The first-order chi connectivity index (χ1) is 15.1. The minimum Gasteiger partial charge on any atom is -0.381 e. The summed E-state index contributed by atoms with van der Waals surface area (Å²) in [5.74, 6) is -3.12. The van der Waals surface area contributed by atoms with Crippen molar-refractivity contribution in [1.29, 1.82) is 0 Å². The molecular formula is C23H18F2N4O3. The molecule has 1 aromatic heterocycles. The van der Waals surface area contributed by atoms with E-state index in [0.717, 1.165) is 17.7 Å². The molecule has 3 aromatic rings. The molecule has 0 saturated heterocycles. The van der Waals surface area contributed by atoms with Gasteiger partial charge in [0, 0.05) is 16.7 Å². The van der Waals surface area contributed by atoms with Crippen LogP contribution in [0.5, 0.6) is 0 Å². The van der Waals surface area contributed by atoms with Gasteiger partial charge in [-0.05, 0) is 44.5 Å². The highest BCUT2D eigenvalue weighted by atomic mass is 19.1. The molecule has 0 atom stereocenters. The number of hydrogen-bond donors (Lipinski definition) is 1. The van der Waals surface area contributed by atoms with E-state index in [2.05, 4.69) is 15.1 Å². The second-order valence-corrected chi connectivity index (χ2v) is 7.87. The molecule has 0 spiro atoms. The number of rotatable bonds is 4. The highest BCUT2D eigenvalue weighted by Crippen LogP contribution is 2.29. The van der Waals surface area contributed by atoms with Crippen LogP contribution in [0.25, 0.3) is 22.5 Å². The van der Waals surface area contributed by atoms with Gasteiger partial charge >= 0.3 is 0 Å². The van der Waals surface area contributed by atoms with Gasteiger partial charge in [0.2, 0.25) is 5.78 Å². The van der Waals surface area contributed by atoms with Crippen molar-refractivity contribution in [1.82, 2.24) is 9.97 Å². The van der Waals surface area contributed by atoms with Gasteiger partial charge in [0.15, 0.2) is 11.3 Å². The molecule has 0 fully saturated rings.